The number of carbonyl (C=O) groups excluding carboxylic acids is 1. The van der Waals surface area contributed by atoms with Crippen LogP contribution >= 0.6 is 0 Å². The summed E-state index contributed by atoms with van der Waals surface area (Å²) in [5.74, 6) is -0.380. The van der Waals surface area contributed by atoms with Crippen molar-refractivity contribution >= 4 is 15.9 Å². The van der Waals surface area contributed by atoms with E-state index in [2.05, 4.69) is 21.9 Å². The molecule has 0 unspecified atom stereocenters. The molecule has 304 valence electrons. The third-order valence-corrected chi connectivity index (χ3v) is 12.9. The first-order chi connectivity index (χ1) is 28.1. The van der Waals surface area contributed by atoms with Crippen LogP contribution in [0.25, 0.3) is 11.1 Å². The molecule has 2 aliphatic heterocycles. The van der Waals surface area contributed by atoms with Crippen LogP contribution < -0.4 is 10.0 Å². The molecule has 5 aromatic rings. The average Bonchev–Trinajstić information content (AvgIpc) is 3.71. The number of likely N-dealkylation sites (tertiary alicyclic amines) is 1. The van der Waals surface area contributed by atoms with Gasteiger partial charge in [0.1, 0.15) is 6.04 Å². The molecule has 0 spiro atoms. The van der Waals surface area contributed by atoms with E-state index in [4.69, 9.17) is 9.47 Å². The van der Waals surface area contributed by atoms with Crippen molar-refractivity contribution in [3.05, 3.63) is 161 Å². The van der Waals surface area contributed by atoms with E-state index >= 15 is 0 Å². The molecule has 2 aliphatic rings. The van der Waals surface area contributed by atoms with Gasteiger partial charge in [-0.3, -0.25) is 9.69 Å². The summed E-state index contributed by atoms with van der Waals surface area (Å²) in [7, 11) is -3.96. The molecule has 2 heterocycles. The minimum absolute atomic E-state index is 0.0226. The molecular formula is C47H53N3O7S. The summed E-state index contributed by atoms with van der Waals surface area (Å²) >= 11 is 0. The number of benzene rings is 5. The normalized spacial score (nSPS) is 21.8. The molecular weight excluding hydrogens is 751 g/mol. The van der Waals surface area contributed by atoms with E-state index in [9.17, 15) is 23.4 Å². The highest BCUT2D eigenvalue weighted by Crippen LogP contribution is 2.42. The van der Waals surface area contributed by atoms with Gasteiger partial charge in [-0.05, 0) is 84.3 Å². The fraction of sp³-hybridized carbons (Fsp3) is 0.340. The summed E-state index contributed by atoms with van der Waals surface area (Å²) in [6, 6.07) is 38.9. The average molecular weight is 804 g/mol. The van der Waals surface area contributed by atoms with Gasteiger partial charge in [-0.1, -0.05) is 122 Å². The zero-order chi connectivity index (χ0) is 40.6. The lowest BCUT2D eigenvalue weighted by Crippen LogP contribution is -2.47. The quantitative estimate of drug-likeness (QED) is 0.0929. The van der Waals surface area contributed by atoms with Gasteiger partial charge >= 0.3 is 0 Å². The maximum atomic E-state index is 13.7. The first-order valence-electron chi connectivity index (χ1n) is 20.1. The molecule has 0 aliphatic carbocycles. The van der Waals surface area contributed by atoms with Crippen molar-refractivity contribution < 1.29 is 32.9 Å². The predicted molar refractivity (Wildman–Crippen MR) is 224 cm³/mol. The lowest BCUT2D eigenvalue weighted by Gasteiger charge is -2.43. The number of ether oxygens (including phenoxy) is 2. The number of hydrogen-bond donors (Lipinski definition) is 4. The topological polar surface area (TPSA) is 137 Å². The number of amides is 1. The second kappa shape index (κ2) is 18.9. The summed E-state index contributed by atoms with van der Waals surface area (Å²) < 4.78 is 42.7. The van der Waals surface area contributed by atoms with Crippen molar-refractivity contribution in [3.8, 4) is 11.1 Å². The summed E-state index contributed by atoms with van der Waals surface area (Å²) in [6.07, 6.45) is 1.24. The third-order valence-electron chi connectivity index (χ3n) is 11.4. The Kier molecular flexibility index (Phi) is 13.5. The van der Waals surface area contributed by atoms with Crippen LogP contribution in [0.3, 0.4) is 0 Å². The monoisotopic (exact) mass is 803 g/mol. The Morgan fingerprint density at radius 1 is 0.810 bits per heavy atom. The summed E-state index contributed by atoms with van der Waals surface area (Å²) in [5, 5.41) is 22.6. The minimum Gasteiger partial charge on any atom is -0.395 e. The van der Waals surface area contributed by atoms with Crippen LogP contribution in [0.2, 0.25) is 0 Å². The Morgan fingerprint density at radius 2 is 1.52 bits per heavy atom. The highest BCUT2D eigenvalue weighted by molar-refractivity contribution is 7.89. The van der Waals surface area contributed by atoms with E-state index < -0.39 is 28.3 Å². The number of carbonyl (C=O) groups is 1. The highest BCUT2D eigenvalue weighted by atomic mass is 32.2. The number of aliphatic hydroxyl groups is 2. The lowest BCUT2D eigenvalue weighted by atomic mass is 9.89. The molecule has 5 aromatic carbocycles. The van der Waals surface area contributed by atoms with Gasteiger partial charge in [0.05, 0.1) is 30.3 Å². The summed E-state index contributed by atoms with van der Waals surface area (Å²) in [4.78, 5) is 16.1. The minimum atomic E-state index is -3.96. The second-order valence-corrected chi connectivity index (χ2v) is 17.2. The number of sulfonamides is 1. The number of hydrogen-bond acceptors (Lipinski definition) is 8. The first-order valence-corrected chi connectivity index (χ1v) is 21.5. The van der Waals surface area contributed by atoms with Gasteiger partial charge in [-0.2, -0.15) is 4.72 Å². The molecule has 4 N–H and O–H groups in total. The van der Waals surface area contributed by atoms with Crippen molar-refractivity contribution in [2.75, 3.05) is 19.7 Å². The van der Waals surface area contributed by atoms with Crippen molar-refractivity contribution in [2.24, 2.45) is 5.92 Å². The van der Waals surface area contributed by atoms with Crippen LogP contribution in [0, 0.1) is 12.8 Å². The summed E-state index contributed by atoms with van der Waals surface area (Å²) in [5.41, 5.74) is 7.33. The Balaban J connectivity index is 1.05. The van der Waals surface area contributed by atoms with Crippen molar-refractivity contribution in [1.29, 1.82) is 0 Å². The zero-order valence-corrected chi connectivity index (χ0v) is 33.9. The fourth-order valence-electron chi connectivity index (χ4n) is 7.92. The van der Waals surface area contributed by atoms with Gasteiger partial charge in [0.15, 0.2) is 6.29 Å². The van der Waals surface area contributed by atoms with Crippen LogP contribution in [0.5, 0.6) is 0 Å². The van der Waals surface area contributed by atoms with Gasteiger partial charge in [-0.25, -0.2) is 8.42 Å². The van der Waals surface area contributed by atoms with Crippen molar-refractivity contribution in [1.82, 2.24) is 14.9 Å². The Hall–Kier alpha value is -4.72. The Labute approximate surface area is 341 Å². The van der Waals surface area contributed by atoms with Crippen LogP contribution in [-0.4, -0.2) is 67.3 Å². The number of nitrogens with zero attached hydrogens (tertiary/aromatic N) is 1. The zero-order valence-electron chi connectivity index (χ0n) is 33.0. The molecule has 58 heavy (non-hydrogen) atoms. The van der Waals surface area contributed by atoms with E-state index in [1.54, 1.807) is 24.3 Å². The number of nitrogens with one attached hydrogen (secondary N) is 2. The molecule has 1 amide bonds. The lowest BCUT2D eigenvalue weighted by molar-refractivity contribution is -0.276. The Bertz CT molecular complexity index is 2220. The number of aliphatic hydroxyl groups excluding tert-OH is 2. The summed E-state index contributed by atoms with van der Waals surface area (Å²) in [6.45, 7) is 5.99. The highest BCUT2D eigenvalue weighted by Gasteiger charge is 2.40. The molecule has 7 rings (SSSR count). The van der Waals surface area contributed by atoms with Gasteiger partial charge in [0, 0.05) is 30.6 Å². The van der Waals surface area contributed by atoms with Crippen molar-refractivity contribution in [3.63, 3.8) is 0 Å². The smallest absolute Gasteiger partial charge is 0.241 e. The molecule has 2 saturated heterocycles. The van der Waals surface area contributed by atoms with Gasteiger partial charge < -0.3 is 25.0 Å². The molecule has 10 nitrogen and oxygen atoms in total. The maximum absolute atomic E-state index is 13.7. The molecule has 0 saturated carbocycles. The van der Waals surface area contributed by atoms with E-state index in [0.717, 1.165) is 63.9 Å². The first kappa shape index (κ1) is 41.4. The van der Waals surface area contributed by atoms with Gasteiger partial charge in [-0.15, -0.1) is 0 Å². The van der Waals surface area contributed by atoms with Crippen LogP contribution in [0.15, 0.2) is 132 Å². The third kappa shape index (κ3) is 10.1. The van der Waals surface area contributed by atoms with Gasteiger partial charge in [0.25, 0.3) is 0 Å². The van der Waals surface area contributed by atoms with E-state index in [1.807, 2.05) is 110 Å². The molecule has 6 atom stereocenters. The largest absolute Gasteiger partial charge is 0.395 e. The number of rotatable bonds is 15. The van der Waals surface area contributed by atoms with Crippen LogP contribution in [0.4, 0.5) is 0 Å². The second-order valence-electron chi connectivity index (χ2n) is 15.5. The number of aryl methyl sites for hydroxylation is 1. The van der Waals surface area contributed by atoms with E-state index in [1.165, 1.54) is 0 Å². The van der Waals surface area contributed by atoms with E-state index in [0.29, 0.717) is 6.54 Å². The van der Waals surface area contributed by atoms with E-state index in [-0.39, 0.29) is 55.2 Å². The van der Waals surface area contributed by atoms with Gasteiger partial charge in [0.2, 0.25) is 15.9 Å². The van der Waals surface area contributed by atoms with Crippen LogP contribution in [-0.2, 0) is 43.9 Å². The molecule has 11 heteroatoms. The molecule has 0 radical (unpaired) electrons. The predicted octanol–water partition coefficient (Wildman–Crippen LogP) is 6.61. The maximum Gasteiger partial charge on any atom is 0.241 e. The molecule has 2 fully saturated rings. The fourth-order valence-corrected chi connectivity index (χ4v) is 9.11. The molecule has 0 bridgehead atoms. The standard InChI is InChI=1S/C47H53N3O7S/c1-32-13-23-42(24-14-32)58(54,55)49-43(27-34-8-4-3-5-9-34)46(53)48-28-36-10-6-11-40(26-36)37-19-21-39(22-20-37)47-56-44(29-50-25-7-12-41(50)31-52)33(2)45(57-47)38-17-15-35(30-51)16-18-38/h3-6,8-11,13-24,26,33,41,43-45,47,49,51-52H,7,12,25,27-31H2,1-2H3,(H,48,53)/t33-,41-,43+,44+,45+,47+/m0/s1. The van der Waals surface area contributed by atoms with Crippen molar-refractivity contribution in [2.45, 2.75) is 81.7 Å². The molecule has 0 aromatic heterocycles. The van der Waals surface area contributed by atoms with Crippen LogP contribution in [0.1, 0.15) is 65.5 Å². The SMILES string of the molecule is Cc1ccc(S(=O)(=O)N[C@H](Cc2ccccc2)C(=O)NCc2cccc(-c3ccc([C@@H]4O[C@H](CN5CCC[C@H]5CO)[C@H](C)[C@H](c5ccc(CO)cc5)O4)cc3)c2)cc1. The Morgan fingerprint density at radius 3 is 2.22 bits per heavy atom.